The first-order chi connectivity index (χ1) is 9.79. The molecule has 21 heavy (non-hydrogen) atoms. The lowest BCUT2D eigenvalue weighted by Gasteiger charge is -2.33. The van der Waals surface area contributed by atoms with Crippen molar-refractivity contribution in [1.82, 2.24) is 5.32 Å². The van der Waals surface area contributed by atoms with Crippen LogP contribution in [0, 0.1) is 17.3 Å². The van der Waals surface area contributed by atoms with Crippen LogP contribution >= 0.6 is 0 Å². The van der Waals surface area contributed by atoms with Crippen LogP contribution < -0.4 is 5.32 Å². The van der Waals surface area contributed by atoms with E-state index in [0.29, 0.717) is 12.5 Å². The number of nitrogens with one attached hydrogen (secondary N) is 1. The monoisotopic (exact) mass is 297 g/mol. The molecule has 4 nitrogen and oxygen atoms in total. The quantitative estimate of drug-likeness (QED) is 0.626. The first-order valence-electron chi connectivity index (χ1n) is 8.26. The van der Waals surface area contributed by atoms with Gasteiger partial charge in [0, 0.05) is 6.04 Å². The molecule has 0 bridgehead atoms. The van der Waals surface area contributed by atoms with Crippen molar-refractivity contribution in [3.8, 4) is 0 Å². The van der Waals surface area contributed by atoms with Crippen LogP contribution in [0.4, 0.5) is 0 Å². The van der Waals surface area contributed by atoms with Gasteiger partial charge < -0.3 is 10.1 Å². The lowest BCUT2D eigenvalue weighted by atomic mass is 9.79. The molecule has 1 saturated carbocycles. The van der Waals surface area contributed by atoms with Crippen LogP contribution in [0.1, 0.15) is 66.7 Å². The number of amides is 1. The van der Waals surface area contributed by atoms with Gasteiger partial charge in [0.05, 0.1) is 6.61 Å². The summed E-state index contributed by atoms with van der Waals surface area (Å²) < 4.78 is 5.08. The average Bonchev–Trinajstić information content (AvgIpc) is 2.37. The van der Waals surface area contributed by atoms with Gasteiger partial charge in [-0.25, -0.2) is 0 Å². The Hall–Kier alpha value is -1.06. The van der Waals surface area contributed by atoms with Crippen molar-refractivity contribution in [2.45, 2.75) is 72.8 Å². The number of hydrogen-bond acceptors (Lipinski definition) is 3. The van der Waals surface area contributed by atoms with E-state index in [1.165, 1.54) is 6.42 Å². The predicted molar refractivity (Wildman–Crippen MR) is 83.8 cm³/mol. The van der Waals surface area contributed by atoms with Crippen LogP contribution in [0.5, 0.6) is 0 Å². The van der Waals surface area contributed by atoms with Crippen molar-refractivity contribution < 1.29 is 14.3 Å². The summed E-state index contributed by atoms with van der Waals surface area (Å²) in [4.78, 5) is 24.7. The van der Waals surface area contributed by atoms with Gasteiger partial charge in [-0.15, -0.1) is 0 Å². The molecule has 1 N–H and O–H groups in total. The summed E-state index contributed by atoms with van der Waals surface area (Å²) >= 11 is 0. The second kappa shape index (κ2) is 7.81. The fourth-order valence-electron chi connectivity index (χ4n) is 3.16. The summed E-state index contributed by atoms with van der Waals surface area (Å²) in [6, 6.07) is 0.204. The fourth-order valence-corrected chi connectivity index (χ4v) is 3.16. The van der Waals surface area contributed by atoms with Crippen molar-refractivity contribution in [1.29, 1.82) is 0 Å². The van der Waals surface area contributed by atoms with Gasteiger partial charge in [-0.05, 0) is 31.1 Å². The molecule has 1 aliphatic rings. The van der Waals surface area contributed by atoms with Gasteiger partial charge in [-0.1, -0.05) is 47.0 Å². The second-order valence-corrected chi connectivity index (χ2v) is 7.20. The maximum absolute atomic E-state index is 12.6. The maximum atomic E-state index is 12.6. The number of hydrogen-bond donors (Lipinski definition) is 1. The first kappa shape index (κ1) is 18.0. The second-order valence-electron chi connectivity index (χ2n) is 7.20. The summed E-state index contributed by atoms with van der Waals surface area (Å²) in [5.41, 5.74) is -0.435. The molecular formula is C17H31NO3. The van der Waals surface area contributed by atoms with E-state index in [2.05, 4.69) is 12.2 Å². The third kappa shape index (κ3) is 5.33. The van der Waals surface area contributed by atoms with E-state index in [0.717, 1.165) is 25.7 Å². The topological polar surface area (TPSA) is 55.4 Å². The molecule has 1 amide bonds. The molecule has 1 rings (SSSR count). The molecule has 0 saturated heterocycles. The zero-order valence-electron chi connectivity index (χ0n) is 14.2. The van der Waals surface area contributed by atoms with E-state index >= 15 is 0 Å². The molecule has 122 valence electrons. The normalized spacial score (nSPS) is 24.2. The van der Waals surface area contributed by atoms with E-state index in [4.69, 9.17) is 4.74 Å². The van der Waals surface area contributed by atoms with Crippen molar-refractivity contribution in [2.24, 2.45) is 17.3 Å². The molecule has 0 heterocycles. The van der Waals surface area contributed by atoms with Crippen molar-refractivity contribution >= 4 is 11.9 Å². The van der Waals surface area contributed by atoms with Gasteiger partial charge in [0.15, 0.2) is 0 Å². The molecule has 0 spiro atoms. The first-order valence-corrected chi connectivity index (χ1v) is 8.26. The van der Waals surface area contributed by atoms with Gasteiger partial charge in [0.2, 0.25) is 5.91 Å². The molecule has 1 aliphatic carbocycles. The Morgan fingerprint density at radius 2 is 1.90 bits per heavy atom. The number of rotatable bonds is 5. The highest BCUT2D eigenvalue weighted by atomic mass is 16.5. The number of carbonyl (C=O) groups excluding carboxylic acids is 2. The molecule has 0 aromatic carbocycles. The molecule has 3 atom stereocenters. The lowest BCUT2D eigenvalue weighted by Crippen LogP contribution is -2.48. The minimum absolute atomic E-state index is 0.178. The van der Waals surface area contributed by atoms with Gasteiger partial charge in [-0.3, -0.25) is 9.59 Å². The van der Waals surface area contributed by atoms with Crippen LogP contribution in [0.25, 0.3) is 0 Å². The SMILES string of the molecule is CCOC(=O)C(C(=O)NC1CCCC(CC)C1)C(C)(C)C. The Morgan fingerprint density at radius 1 is 1.24 bits per heavy atom. The number of carbonyl (C=O) groups is 2. The molecule has 0 aliphatic heterocycles. The third-order valence-electron chi connectivity index (χ3n) is 4.36. The minimum atomic E-state index is -0.737. The third-order valence-corrected chi connectivity index (χ3v) is 4.36. The van der Waals surface area contributed by atoms with E-state index in [1.54, 1.807) is 6.92 Å². The van der Waals surface area contributed by atoms with Gasteiger partial charge in [0.25, 0.3) is 0 Å². The number of esters is 1. The zero-order chi connectivity index (χ0) is 16.0. The van der Waals surface area contributed by atoms with Crippen molar-refractivity contribution in [3.05, 3.63) is 0 Å². The van der Waals surface area contributed by atoms with Crippen LogP contribution in [0.3, 0.4) is 0 Å². The Labute approximate surface area is 129 Å². The van der Waals surface area contributed by atoms with Crippen molar-refractivity contribution in [3.63, 3.8) is 0 Å². The van der Waals surface area contributed by atoms with Crippen LogP contribution in [0.15, 0.2) is 0 Å². The van der Waals surface area contributed by atoms with Crippen LogP contribution in [-0.2, 0) is 14.3 Å². The molecule has 1 fully saturated rings. The van der Waals surface area contributed by atoms with Crippen LogP contribution in [-0.4, -0.2) is 24.5 Å². The largest absolute Gasteiger partial charge is 0.465 e. The maximum Gasteiger partial charge on any atom is 0.319 e. The molecule has 4 heteroatoms. The Kier molecular flexibility index (Phi) is 6.69. The lowest BCUT2D eigenvalue weighted by molar-refractivity contribution is -0.157. The average molecular weight is 297 g/mol. The predicted octanol–water partition coefficient (Wildman–Crippen LogP) is 3.30. The van der Waals surface area contributed by atoms with Gasteiger partial charge >= 0.3 is 5.97 Å². The molecule has 3 unspecified atom stereocenters. The van der Waals surface area contributed by atoms with Gasteiger partial charge in [-0.2, -0.15) is 0 Å². The molecule has 0 aromatic heterocycles. The van der Waals surface area contributed by atoms with Crippen molar-refractivity contribution in [2.75, 3.05) is 6.61 Å². The zero-order valence-corrected chi connectivity index (χ0v) is 14.2. The van der Waals surface area contributed by atoms with E-state index in [1.807, 2.05) is 20.8 Å². The summed E-state index contributed by atoms with van der Waals surface area (Å²) in [5.74, 6) is -0.632. The highest BCUT2D eigenvalue weighted by molar-refractivity contribution is 5.98. The fraction of sp³-hybridized carbons (Fsp3) is 0.882. The Balaban J connectivity index is 2.70. The molecule has 0 radical (unpaired) electrons. The minimum Gasteiger partial charge on any atom is -0.465 e. The highest BCUT2D eigenvalue weighted by Gasteiger charge is 2.39. The Morgan fingerprint density at radius 3 is 2.43 bits per heavy atom. The summed E-state index contributed by atoms with van der Waals surface area (Å²) in [6.07, 6.45) is 5.61. The summed E-state index contributed by atoms with van der Waals surface area (Å²) in [7, 11) is 0. The van der Waals surface area contributed by atoms with E-state index in [-0.39, 0.29) is 11.9 Å². The molecule has 0 aromatic rings. The summed E-state index contributed by atoms with van der Waals surface area (Å²) in [6.45, 7) is 9.99. The van der Waals surface area contributed by atoms with E-state index < -0.39 is 17.3 Å². The van der Waals surface area contributed by atoms with Gasteiger partial charge in [0.1, 0.15) is 5.92 Å². The highest BCUT2D eigenvalue weighted by Crippen LogP contribution is 2.30. The molecular weight excluding hydrogens is 266 g/mol. The summed E-state index contributed by atoms with van der Waals surface area (Å²) in [5, 5.41) is 3.09. The smallest absolute Gasteiger partial charge is 0.319 e. The van der Waals surface area contributed by atoms with E-state index in [9.17, 15) is 9.59 Å². The Bertz CT molecular complexity index is 360. The standard InChI is InChI=1S/C17H31NO3/c1-6-12-9-8-10-13(11-12)18-15(19)14(17(3,4)5)16(20)21-7-2/h12-14H,6-11H2,1-5H3,(H,18,19). The van der Waals surface area contributed by atoms with Crippen LogP contribution in [0.2, 0.25) is 0 Å². The number of ether oxygens (including phenoxy) is 1.